The fourth-order valence-electron chi connectivity index (χ4n) is 2.48. The molecule has 0 radical (unpaired) electrons. The van der Waals surface area contributed by atoms with Gasteiger partial charge in [-0.15, -0.1) is 0 Å². The molecule has 3 nitrogen and oxygen atoms in total. The Morgan fingerprint density at radius 2 is 2.11 bits per heavy atom. The minimum Gasteiger partial charge on any atom is -0.351 e. The lowest BCUT2D eigenvalue weighted by molar-refractivity contribution is 0.0942. The molecule has 0 spiro atoms. The van der Waals surface area contributed by atoms with Gasteiger partial charge in [0.2, 0.25) is 0 Å². The summed E-state index contributed by atoms with van der Waals surface area (Å²) in [6, 6.07) is 9.88. The molecule has 1 aliphatic rings. The number of H-pyrrole nitrogens is 1. The SMILES string of the molecule is O=C(NCC1CCSCC1)c1cc2ccccc2[nH]1. The molecule has 19 heavy (non-hydrogen) atoms. The predicted octanol–water partition coefficient (Wildman–Crippen LogP) is 3.04. The Morgan fingerprint density at radius 3 is 2.89 bits per heavy atom. The second-order valence-corrected chi connectivity index (χ2v) is 6.26. The molecule has 1 aliphatic heterocycles. The summed E-state index contributed by atoms with van der Waals surface area (Å²) >= 11 is 2.01. The standard InChI is InChI=1S/C15H18N2OS/c18-15(16-10-11-5-7-19-8-6-11)14-9-12-3-1-2-4-13(12)17-14/h1-4,9,11,17H,5-8,10H2,(H,16,18). The number of para-hydroxylation sites is 1. The first kappa shape index (κ1) is 12.6. The van der Waals surface area contributed by atoms with Crippen LogP contribution in [0.15, 0.2) is 30.3 Å². The number of fused-ring (bicyclic) bond motifs is 1. The third-order valence-corrected chi connectivity index (χ3v) is 4.72. The number of rotatable bonds is 3. The Hall–Kier alpha value is -1.42. The van der Waals surface area contributed by atoms with Crippen molar-refractivity contribution >= 4 is 28.6 Å². The molecule has 0 aliphatic carbocycles. The van der Waals surface area contributed by atoms with Crippen LogP contribution in [-0.2, 0) is 0 Å². The van der Waals surface area contributed by atoms with Gasteiger partial charge >= 0.3 is 0 Å². The summed E-state index contributed by atoms with van der Waals surface area (Å²) in [4.78, 5) is 15.3. The van der Waals surface area contributed by atoms with Gasteiger partial charge in [-0.3, -0.25) is 4.79 Å². The van der Waals surface area contributed by atoms with E-state index >= 15 is 0 Å². The van der Waals surface area contributed by atoms with E-state index in [9.17, 15) is 4.79 Å². The average molecular weight is 274 g/mol. The first-order valence-electron chi connectivity index (χ1n) is 6.76. The lowest BCUT2D eigenvalue weighted by Crippen LogP contribution is -2.31. The van der Waals surface area contributed by atoms with E-state index < -0.39 is 0 Å². The van der Waals surface area contributed by atoms with Crippen LogP contribution in [0.1, 0.15) is 23.3 Å². The second-order valence-electron chi connectivity index (χ2n) is 5.04. The van der Waals surface area contributed by atoms with Gasteiger partial charge in [0.25, 0.3) is 5.91 Å². The summed E-state index contributed by atoms with van der Waals surface area (Å²) in [5.74, 6) is 3.11. The number of thioether (sulfide) groups is 1. The van der Waals surface area contributed by atoms with E-state index in [1.165, 1.54) is 24.3 Å². The zero-order valence-corrected chi connectivity index (χ0v) is 11.6. The summed E-state index contributed by atoms with van der Waals surface area (Å²) in [6.45, 7) is 0.800. The van der Waals surface area contributed by atoms with Crippen molar-refractivity contribution < 1.29 is 4.79 Å². The van der Waals surface area contributed by atoms with Crippen LogP contribution in [0.2, 0.25) is 0 Å². The van der Waals surface area contributed by atoms with Crippen molar-refractivity contribution in [2.24, 2.45) is 5.92 Å². The number of hydrogen-bond donors (Lipinski definition) is 2. The molecule has 1 saturated heterocycles. The molecule has 1 aromatic carbocycles. The minimum absolute atomic E-state index is 0.00873. The molecule has 0 unspecified atom stereocenters. The predicted molar refractivity (Wildman–Crippen MR) is 80.7 cm³/mol. The van der Waals surface area contributed by atoms with Crippen LogP contribution in [0.3, 0.4) is 0 Å². The monoisotopic (exact) mass is 274 g/mol. The molecule has 2 aromatic rings. The molecule has 0 bridgehead atoms. The van der Waals surface area contributed by atoms with Crippen molar-refractivity contribution in [1.82, 2.24) is 10.3 Å². The van der Waals surface area contributed by atoms with Crippen LogP contribution < -0.4 is 5.32 Å². The number of aromatic amines is 1. The molecular weight excluding hydrogens is 256 g/mol. The van der Waals surface area contributed by atoms with Gasteiger partial charge in [-0.05, 0) is 42.4 Å². The van der Waals surface area contributed by atoms with Crippen LogP contribution in [0.4, 0.5) is 0 Å². The maximum Gasteiger partial charge on any atom is 0.267 e. The molecule has 3 rings (SSSR count). The van der Waals surface area contributed by atoms with Crippen LogP contribution in [0.25, 0.3) is 10.9 Å². The first-order valence-corrected chi connectivity index (χ1v) is 7.92. The van der Waals surface area contributed by atoms with Crippen LogP contribution in [-0.4, -0.2) is 28.9 Å². The van der Waals surface area contributed by atoms with Crippen molar-refractivity contribution in [1.29, 1.82) is 0 Å². The lowest BCUT2D eigenvalue weighted by atomic mass is 10.0. The molecule has 4 heteroatoms. The number of amides is 1. The summed E-state index contributed by atoms with van der Waals surface area (Å²) in [7, 11) is 0. The topological polar surface area (TPSA) is 44.9 Å². The largest absolute Gasteiger partial charge is 0.351 e. The van der Waals surface area contributed by atoms with Crippen molar-refractivity contribution in [3.8, 4) is 0 Å². The van der Waals surface area contributed by atoms with Crippen molar-refractivity contribution in [3.63, 3.8) is 0 Å². The molecule has 0 atom stereocenters. The molecule has 2 N–H and O–H groups in total. The molecule has 1 fully saturated rings. The van der Waals surface area contributed by atoms with Gasteiger partial charge in [0, 0.05) is 17.4 Å². The normalized spacial score (nSPS) is 16.6. The highest BCUT2D eigenvalue weighted by Crippen LogP contribution is 2.22. The molecule has 0 saturated carbocycles. The van der Waals surface area contributed by atoms with E-state index in [0.29, 0.717) is 11.6 Å². The van der Waals surface area contributed by atoms with Gasteiger partial charge in [0.1, 0.15) is 5.69 Å². The van der Waals surface area contributed by atoms with Crippen LogP contribution in [0.5, 0.6) is 0 Å². The Kier molecular flexibility index (Phi) is 3.78. The summed E-state index contributed by atoms with van der Waals surface area (Å²) in [5.41, 5.74) is 1.67. The Labute approximate surface area is 117 Å². The zero-order valence-electron chi connectivity index (χ0n) is 10.8. The maximum absolute atomic E-state index is 12.1. The third kappa shape index (κ3) is 2.95. The molecule has 2 heterocycles. The Balaban J connectivity index is 1.63. The van der Waals surface area contributed by atoms with Crippen molar-refractivity contribution in [2.75, 3.05) is 18.1 Å². The number of carbonyl (C=O) groups excluding carboxylic acids is 1. The number of benzene rings is 1. The summed E-state index contributed by atoms with van der Waals surface area (Å²) in [6.07, 6.45) is 2.44. The number of aromatic nitrogens is 1. The zero-order chi connectivity index (χ0) is 13.1. The highest BCUT2D eigenvalue weighted by atomic mass is 32.2. The van der Waals surface area contributed by atoms with Gasteiger partial charge in [0.05, 0.1) is 0 Å². The van der Waals surface area contributed by atoms with E-state index in [1.807, 2.05) is 42.1 Å². The summed E-state index contributed by atoms with van der Waals surface area (Å²) < 4.78 is 0. The van der Waals surface area contributed by atoms with Gasteiger partial charge in [0.15, 0.2) is 0 Å². The van der Waals surface area contributed by atoms with Crippen molar-refractivity contribution in [3.05, 3.63) is 36.0 Å². The van der Waals surface area contributed by atoms with Gasteiger partial charge < -0.3 is 10.3 Å². The molecular formula is C15H18N2OS. The van der Waals surface area contributed by atoms with E-state index in [-0.39, 0.29) is 5.91 Å². The van der Waals surface area contributed by atoms with Crippen molar-refractivity contribution in [2.45, 2.75) is 12.8 Å². The first-order chi connectivity index (χ1) is 9.33. The fourth-order valence-corrected chi connectivity index (χ4v) is 3.68. The average Bonchev–Trinajstić information content (AvgIpc) is 2.90. The summed E-state index contributed by atoms with van der Waals surface area (Å²) in [5, 5.41) is 4.14. The highest BCUT2D eigenvalue weighted by molar-refractivity contribution is 7.99. The molecule has 1 amide bonds. The molecule has 1 aromatic heterocycles. The maximum atomic E-state index is 12.1. The quantitative estimate of drug-likeness (QED) is 0.903. The van der Waals surface area contributed by atoms with E-state index in [2.05, 4.69) is 10.3 Å². The Bertz CT molecular complexity index is 539. The number of hydrogen-bond acceptors (Lipinski definition) is 2. The van der Waals surface area contributed by atoms with Gasteiger partial charge in [-0.2, -0.15) is 11.8 Å². The highest BCUT2D eigenvalue weighted by Gasteiger charge is 2.15. The van der Waals surface area contributed by atoms with Gasteiger partial charge in [-0.25, -0.2) is 0 Å². The van der Waals surface area contributed by atoms with E-state index in [4.69, 9.17) is 0 Å². The third-order valence-electron chi connectivity index (χ3n) is 3.67. The lowest BCUT2D eigenvalue weighted by Gasteiger charge is -2.21. The number of nitrogens with one attached hydrogen (secondary N) is 2. The number of carbonyl (C=O) groups is 1. The molecule has 100 valence electrons. The van der Waals surface area contributed by atoms with Crippen LogP contribution in [0, 0.1) is 5.92 Å². The van der Waals surface area contributed by atoms with E-state index in [1.54, 1.807) is 0 Å². The second kappa shape index (κ2) is 5.70. The smallest absolute Gasteiger partial charge is 0.267 e. The van der Waals surface area contributed by atoms with Crippen LogP contribution >= 0.6 is 11.8 Å². The minimum atomic E-state index is 0.00873. The van der Waals surface area contributed by atoms with E-state index in [0.717, 1.165) is 17.4 Å². The Morgan fingerprint density at radius 1 is 1.32 bits per heavy atom. The fraction of sp³-hybridized carbons (Fsp3) is 0.400. The van der Waals surface area contributed by atoms with Gasteiger partial charge in [-0.1, -0.05) is 18.2 Å².